The van der Waals surface area contributed by atoms with Crippen molar-refractivity contribution in [2.45, 2.75) is 84.4 Å². The van der Waals surface area contributed by atoms with E-state index in [4.69, 9.17) is 4.74 Å². The van der Waals surface area contributed by atoms with Gasteiger partial charge in [0.15, 0.2) is 4.80 Å². The lowest BCUT2D eigenvalue weighted by molar-refractivity contribution is 0.0963. The minimum Gasteiger partial charge on any atom is -0.376 e. The highest BCUT2D eigenvalue weighted by Crippen LogP contribution is 2.25. The van der Waals surface area contributed by atoms with Gasteiger partial charge in [-0.15, -0.1) is 11.3 Å². The molecule has 1 saturated heterocycles. The quantitative estimate of drug-likeness (QED) is 0.894. The van der Waals surface area contributed by atoms with E-state index in [0.717, 1.165) is 37.2 Å². The maximum atomic E-state index is 12.3. The van der Waals surface area contributed by atoms with Crippen molar-refractivity contribution in [1.29, 1.82) is 0 Å². The zero-order valence-corrected chi connectivity index (χ0v) is 16.6. The smallest absolute Gasteiger partial charge is 0.344 e. The predicted molar refractivity (Wildman–Crippen MR) is 98.4 cm³/mol. The Morgan fingerprint density at radius 1 is 1.42 bits per heavy atom. The van der Waals surface area contributed by atoms with Crippen LogP contribution in [0.1, 0.15) is 65.7 Å². The van der Waals surface area contributed by atoms with Crippen LogP contribution in [0.5, 0.6) is 0 Å². The van der Waals surface area contributed by atoms with Crippen molar-refractivity contribution in [3.8, 4) is 0 Å². The maximum Gasteiger partial charge on any atom is 0.344 e. The van der Waals surface area contributed by atoms with E-state index in [2.05, 4.69) is 48.8 Å². The lowest BCUT2D eigenvalue weighted by Gasteiger charge is -2.22. The van der Waals surface area contributed by atoms with Gasteiger partial charge in [0.05, 0.1) is 12.6 Å². The molecule has 136 valence electrons. The van der Waals surface area contributed by atoms with E-state index in [0.29, 0.717) is 0 Å². The van der Waals surface area contributed by atoms with Crippen LogP contribution in [-0.4, -0.2) is 28.8 Å². The fourth-order valence-corrected chi connectivity index (χ4v) is 3.50. The largest absolute Gasteiger partial charge is 0.376 e. The van der Waals surface area contributed by atoms with Gasteiger partial charge in [-0.25, -0.2) is 4.79 Å². The number of ether oxygens (including phenoxy) is 1. The Labute approximate surface area is 149 Å². The van der Waals surface area contributed by atoms with Crippen LogP contribution in [-0.2, 0) is 16.7 Å². The highest BCUT2D eigenvalue weighted by Gasteiger charge is 2.22. The van der Waals surface area contributed by atoms with Crippen LogP contribution in [0.15, 0.2) is 11.2 Å². The molecule has 1 atom stereocenters. The first-order valence-electron chi connectivity index (χ1n) is 8.80. The summed E-state index contributed by atoms with van der Waals surface area (Å²) in [5, 5.41) is 2.98. The molecule has 2 amide bonds. The number of hydrogen-bond acceptors (Lipinski definition) is 3. The average molecular weight is 354 g/mol. The predicted octanol–water partition coefficient (Wildman–Crippen LogP) is 3.83. The second kappa shape index (κ2) is 7.40. The van der Waals surface area contributed by atoms with Gasteiger partial charge in [-0.2, -0.15) is 4.99 Å². The van der Waals surface area contributed by atoms with Gasteiger partial charge in [-0.05, 0) is 38.5 Å². The summed E-state index contributed by atoms with van der Waals surface area (Å²) in [5.74, 6) is 0. The summed E-state index contributed by atoms with van der Waals surface area (Å²) >= 11 is 1.59. The number of hydrogen-bond donors (Lipinski definition) is 1. The molecule has 0 spiro atoms. The van der Waals surface area contributed by atoms with Crippen LogP contribution in [0.3, 0.4) is 0 Å². The topological polar surface area (TPSA) is 55.6 Å². The molecule has 2 rings (SSSR count). The molecular weight excluding hydrogens is 322 g/mol. The van der Waals surface area contributed by atoms with Crippen molar-refractivity contribution in [2.24, 2.45) is 4.99 Å². The van der Waals surface area contributed by atoms with Crippen LogP contribution in [0.4, 0.5) is 4.79 Å². The number of nitrogens with one attached hydrogen (secondary N) is 1. The van der Waals surface area contributed by atoms with Crippen LogP contribution in [0.2, 0.25) is 0 Å². The van der Waals surface area contributed by atoms with Crippen LogP contribution >= 0.6 is 11.3 Å². The molecule has 1 aliphatic heterocycles. The van der Waals surface area contributed by atoms with E-state index in [1.807, 2.05) is 13.8 Å². The van der Waals surface area contributed by atoms with E-state index in [-0.39, 0.29) is 23.1 Å². The van der Waals surface area contributed by atoms with Gasteiger partial charge in [0.1, 0.15) is 0 Å². The number of thiazole rings is 1. The molecule has 24 heavy (non-hydrogen) atoms. The molecule has 2 heterocycles. The van der Waals surface area contributed by atoms with Gasteiger partial charge in [0.2, 0.25) is 0 Å². The molecular formula is C18H31N3O2S. The Morgan fingerprint density at radius 3 is 2.67 bits per heavy atom. The third-order valence-electron chi connectivity index (χ3n) is 4.41. The molecule has 0 bridgehead atoms. The zero-order chi connectivity index (χ0) is 18.0. The van der Waals surface area contributed by atoms with Crippen LogP contribution in [0.25, 0.3) is 0 Å². The van der Waals surface area contributed by atoms with Gasteiger partial charge in [0.25, 0.3) is 0 Å². The summed E-state index contributed by atoms with van der Waals surface area (Å²) in [6.45, 7) is 14.2. The van der Waals surface area contributed by atoms with Crippen LogP contribution in [0, 0.1) is 0 Å². The Hall–Kier alpha value is -1.14. The fraction of sp³-hybridized carbons (Fsp3) is 0.778. The number of nitrogens with zero attached hydrogens (tertiary/aromatic N) is 2. The molecule has 1 aromatic heterocycles. The summed E-state index contributed by atoms with van der Waals surface area (Å²) in [7, 11) is 0. The van der Waals surface area contributed by atoms with Gasteiger partial charge in [-0.1, -0.05) is 27.7 Å². The first-order chi connectivity index (χ1) is 11.1. The van der Waals surface area contributed by atoms with E-state index in [1.54, 1.807) is 11.3 Å². The number of aromatic nitrogens is 1. The summed E-state index contributed by atoms with van der Waals surface area (Å²) < 4.78 is 7.83. The number of rotatable bonds is 4. The third-order valence-corrected chi connectivity index (χ3v) is 5.86. The van der Waals surface area contributed by atoms with Crippen LogP contribution < -0.4 is 10.1 Å². The Kier molecular flexibility index (Phi) is 5.91. The summed E-state index contributed by atoms with van der Waals surface area (Å²) in [4.78, 5) is 18.6. The Balaban J connectivity index is 2.29. The highest BCUT2D eigenvalue weighted by molar-refractivity contribution is 7.09. The molecule has 1 N–H and O–H groups in total. The minimum absolute atomic E-state index is 0.0376. The van der Waals surface area contributed by atoms with Crippen molar-refractivity contribution < 1.29 is 9.53 Å². The number of carbonyl (C=O) groups excluding carboxylic acids is 1. The molecule has 0 aliphatic carbocycles. The van der Waals surface area contributed by atoms with E-state index < -0.39 is 0 Å². The van der Waals surface area contributed by atoms with Gasteiger partial charge in [-0.3, -0.25) is 0 Å². The number of carbonyl (C=O) groups is 1. The van der Waals surface area contributed by atoms with Crippen molar-refractivity contribution >= 4 is 17.4 Å². The van der Waals surface area contributed by atoms with E-state index in [1.165, 1.54) is 4.88 Å². The van der Waals surface area contributed by atoms with Gasteiger partial charge in [0, 0.05) is 23.2 Å². The van der Waals surface area contributed by atoms with E-state index >= 15 is 0 Å². The maximum absolute atomic E-state index is 12.3. The molecule has 5 nitrogen and oxygen atoms in total. The minimum atomic E-state index is -0.273. The van der Waals surface area contributed by atoms with Gasteiger partial charge < -0.3 is 14.6 Å². The van der Waals surface area contributed by atoms with Crippen molar-refractivity contribution in [3.05, 3.63) is 15.9 Å². The van der Waals surface area contributed by atoms with Gasteiger partial charge >= 0.3 is 6.03 Å². The molecule has 0 saturated carbocycles. The van der Waals surface area contributed by atoms with Crippen molar-refractivity contribution in [2.75, 3.05) is 6.61 Å². The summed E-state index contributed by atoms with van der Waals surface area (Å²) in [6.07, 6.45) is 5.40. The Bertz CT molecular complexity index is 631. The second-order valence-corrected chi connectivity index (χ2v) is 9.20. The normalized spacial score (nSPS) is 19.8. The van der Waals surface area contributed by atoms with Crippen molar-refractivity contribution in [1.82, 2.24) is 9.88 Å². The first-order valence-corrected chi connectivity index (χ1v) is 9.61. The molecule has 0 unspecified atom stereocenters. The molecule has 1 aromatic rings. The summed E-state index contributed by atoms with van der Waals surface area (Å²) in [5.41, 5.74) is -0.208. The molecule has 0 aromatic carbocycles. The molecule has 1 aliphatic rings. The molecule has 1 fully saturated rings. The monoisotopic (exact) mass is 353 g/mol. The highest BCUT2D eigenvalue weighted by atomic mass is 32.1. The van der Waals surface area contributed by atoms with E-state index in [9.17, 15) is 4.79 Å². The molecule has 0 radical (unpaired) electrons. The number of urea groups is 1. The molecule has 6 heteroatoms. The Morgan fingerprint density at radius 2 is 2.12 bits per heavy atom. The zero-order valence-electron chi connectivity index (χ0n) is 15.8. The van der Waals surface area contributed by atoms with Crippen molar-refractivity contribution in [3.63, 3.8) is 0 Å². The SMILES string of the molecule is CCC(C)(C)NC(=O)/N=c1\sc(C(C)(C)C)cn1C[C@H]1CCCO1. The average Bonchev–Trinajstić information content (AvgIpc) is 3.09. The lowest BCUT2D eigenvalue weighted by atomic mass is 9.95. The summed E-state index contributed by atoms with van der Waals surface area (Å²) in [6, 6.07) is -0.273. The second-order valence-electron chi connectivity index (χ2n) is 8.19. The first kappa shape index (κ1) is 19.2. The standard InChI is InChI=1S/C18H31N3O2S/c1-7-18(5,6)20-15(22)19-16-21(11-13-9-8-10-23-13)12-14(24-16)17(2,3)4/h12-13H,7-11H2,1-6H3,(H,20,22)/b19-16-/t13-/m1/s1. The fourth-order valence-electron chi connectivity index (χ4n) is 2.45. The number of amides is 2. The lowest BCUT2D eigenvalue weighted by Crippen LogP contribution is -2.42. The third kappa shape index (κ3) is 5.18.